The number of nitrogens with zero attached hydrogens (tertiary/aromatic N) is 2. The number of benzene rings is 1. The van der Waals surface area contributed by atoms with E-state index in [9.17, 15) is 9.59 Å². The van der Waals surface area contributed by atoms with Crippen molar-refractivity contribution < 1.29 is 14.3 Å². The highest BCUT2D eigenvalue weighted by atomic mass is 16.5. The molecule has 7 nitrogen and oxygen atoms in total. The number of aromatic nitrogens is 1. The van der Waals surface area contributed by atoms with Gasteiger partial charge >= 0.3 is 0 Å². The van der Waals surface area contributed by atoms with Crippen molar-refractivity contribution in [1.29, 1.82) is 0 Å². The van der Waals surface area contributed by atoms with Gasteiger partial charge in [0.05, 0.1) is 0 Å². The van der Waals surface area contributed by atoms with Gasteiger partial charge in [-0.1, -0.05) is 0 Å². The summed E-state index contributed by atoms with van der Waals surface area (Å²) < 4.78 is 5.81. The zero-order valence-corrected chi connectivity index (χ0v) is 16.7. The van der Waals surface area contributed by atoms with Crippen LogP contribution in [0.5, 0.6) is 11.5 Å². The van der Waals surface area contributed by atoms with Crippen molar-refractivity contribution in [3.05, 3.63) is 48.2 Å². The molecule has 2 atom stereocenters. The summed E-state index contributed by atoms with van der Waals surface area (Å²) in [5, 5.41) is 5.86. The average molecular weight is 394 g/mol. The van der Waals surface area contributed by atoms with Crippen LogP contribution in [0.25, 0.3) is 0 Å². The van der Waals surface area contributed by atoms with Crippen LogP contribution in [0.3, 0.4) is 0 Å². The molecule has 0 radical (unpaired) electrons. The van der Waals surface area contributed by atoms with Crippen molar-refractivity contribution in [2.45, 2.75) is 38.8 Å². The van der Waals surface area contributed by atoms with Gasteiger partial charge in [0.2, 0.25) is 5.91 Å². The number of carbonyl (C=O) groups is 2. The first-order valence-electron chi connectivity index (χ1n) is 10.1. The number of amides is 2. The second-order valence-electron chi connectivity index (χ2n) is 7.80. The smallest absolute Gasteiger partial charge is 0.251 e. The van der Waals surface area contributed by atoms with Gasteiger partial charge in [-0.25, -0.2) is 4.98 Å². The van der Waals surface area contributed by atoms with E-state index in [0.717, 1.165) is 25.9 Å². The zero-order valence-electron chi connectivity index (χ0n) is 16.7. The third-order valence-electron chi connectivity index (χ3n) is 5.86. The molecule has 3 aliphatic rings. The van der Waals surface area contributed by atoms with Gasteiger partial charge in [0, 0.05) is 36.8 Å². The summed E-state index contributed by atoms with van der Waals surface area (Å²) in [5.41, 5.74) is 0.620. The lowest BCUT2D eigenvalue weighted by Gasteiger charge is -2.49. The molecule has 1 aromatic carbocycles. The van der Waals surface area contributed by atoms with Gasteiger partial charge in [-0.15, -0.1) is 0 Å². The van der Waals surface area contributed by atoms with Crippen LogP contribution < -0.4 is 15.4 Å². The van der Waals surface area contributed by atoms with Crippen molar-refractivity contribution in [3.63, 3.8) is 0 Å². The summed E-state index contributed by atoms with van der Waals surface area (Å²) in [5.74, 6) is 1.94. The number of hydrogen-bond donors (Lipinski definition) is 2. The lowest BCUT2D eigenvalue weighted by atomic mass is 9.79. The summed E-state index contributed by atoms with van der Waals surface area (Å²) in [4.78, 5) is 30.4. The molecule has 152 valence electrons. The van der Waals surface area contributed by atoms with E-state index in [1.54, 1.807) is 42.6 Å². The third-order valence-corrected chi connectivity index (χ3v) is 5.86. The fourth-order valence-electron chi connectivity index (χ4n) is 4.31. The van der Waals surface area contributed by atoms with E-state index in [2.05, 4.69) is 27.4 Å². The van der Waals surface area contributed by atoms with Crippen LogP contribution in [0.2, 0.25) is 0 Å². The Labute approximate surface area is 170 Å². The second kappa shape index (κ2) is 8.21. The number of piperidine rings is 3. The number of hydrogen-bond acceptors (Lipinski definition) is 5. The first-order chi connectivity index (χ1) is 14.0. The topological polar surface area (TPSA) is 83.6 Å². The summed E-state index contributed by atoms with van der Waals surface area (Å²) in [6.45, 7) is 5.92. The van der Waals surface area contributed by atoms with Crippen molar-refractivity contribution in [2.75, 3.05) is 18.4 Å². The van der Waals surface area contributed by atoms with E-state index >= 15 is 0 Å². The molecule has 1 aromatic heterocycles. The van der Waals surface area contributed by atoms with Gasteiger partial charge in [-0.2, -0.15) is 0 Å². The number of anilines is 1. The quantitative estimate of drug-likeness (QED) is 0.814. The van der Waals surface area contributed by atoms with E-state index < -0.39 is 0 Å². The molecule has 3 saturated heterocycles. The Balaban J connectivity index is 1.39. The maximum Gasteiger partial charge on any atom is 0.251 e. The van der Waals surface area contributed by atoms with E-state index in [1.165, 1.54) is 6.92 Å². The first kappa shape index (κ1) is 19.4. The van der Waals surface area contributed by atoms with Crippen LogP contribution >= 0.6 is 0 Å². The number of fused-ring (bicyclic) bond motifs is 3. The van der Waals surface area contributed by atoms with E-state index in [1.807, 2.05) is 0 Å². The van der Waals surface area contributed by atoms with Crippen LogP contribution in [0, 0.1) is 5.92 Å². The molecule has 2 N–H and O–H groups in total. The largest absolute Gasteiger partial charge is 0.457 e. The number of ether oxygens (including phenoxy) is 1. The number of pyridine rings is 1. The minimum Gasteiger partial charge on any atom is -0.457 e. The third kappa shape index (κ3) is 4.40. The second-order valence-corrected chi connectivity index (χ2v) is 7.80. The molecule has 2 aromatic rings. The summed E-state index contributed by atoms with van der Waals surface area (Å²) >= 11 is 0. The SMILES string of the molecule is CC(=O)Nc1cc(Oc2ccc(C(=O)N[C@@H]3C4CCN(CC4)[C@@H]3C)cc2)ccn1. The fraction of sp³-hybridized carbons (Fsp3) is 0.409. The maximum absolute atomic E-state index is 12.7. The molecule has 3 fully saturated rings. The van der Waals surface area contributed by atoms with Crippen molar-refractivity contribution >= 4 is 17.6 Å². The van der Waals surface area contributed by atoms with Gasteiger partial charge in [0.15, 0.2) is 0 Å². The Bertz CT molecular complexity index is 889. The number of rotatable bonds is 5. The minimum atomic E-state index is -0.192. The van der Waals surface area contributed by atoms with Gasteiger partial charge in [-0.05, 0) is 69.1 Å². The summed E-state index contributed by atoms with van der Waals surface area (Å²) in [6, 6.07) is 11.0. The lowest BCUT2D eigenvalue weighted by molar-refractivity contribution is -0.114. The molecule has 3 aliphatic heterocycles. The molecule has 4 heterocycles. The minimum absolute atomic E-state index is 0.0426. The first-order valence-corrected chi connectivity index (χ1v) is 10.1. The standard InChI is InChI=1S/C22H26N4O3/c1-14-21(16-8-11-26(14)12-9-16)25-22(28)17-3-5-18(6-4-17)29-19-7-10-23-20(13-19)24-15(2)27/h3-7,10,13-14,16,21H,8-9,11-12H2,1-2H3,(H,25,28)(H,23,24,27)/t14-,21+/m1/s1. The van der Waals surface area contributed by atoms with Crippen LogP contribution in [0.15, 0.2) is 42.6 Å². The molecule has 0 aliphatic carbocycles. The Kier molecular flexibility index (Phi) is 5.49. The zero-order chi connectivity index (χ0) is 20.4. The molecular weight excluding hydrogens is 368 g/mol. The molecule has 0 saturated carbocycles. The van der Waals surface area contributed by atoms with Crippen LogP contribution in [-0.2, 0) is 4.79 Å². The summed E-state index contributed by atoms with van der Waals surface area (Å²) in [6.07, 6.45) is 3.89. The summed E-state index contributed by atoms with van der Waals surface area (Å²) in [7, 11) is 0. The molecule has 0 spiro atoms. The van der Waals surface area contributed by atoms with Crippen molar-refractivity contribution in [3.8, 4) is 11.5 Å². The molecule has 5 rings (SSSR count). The van der Waals surface area contributed by atoms with Gasteiger partial charge in [-0.3, -0.25) is 14.5 Å². The van der Waals surface area contributed by atoms with E-state index in [4.69, 9.17) is 4.74 Å². The Hall–Kier alpha value is -2.93. The molecule has 29 heavy (non-hydrogen) atoms. The molecule has 7 heteroatoms. The van der Waals surface area contributed by atoms with Gasteiger partial charge in [0.25, 0.3) is 5.91 Å². The molecule has 0 unspecified atom stereocenters. The number of carbonyl (C=O) groups excluding carboxylic acids is 2. The van der Waals surface area contributed by atoms with Crippen LogP contribution in [0.4, 0.5) is 5.82 Å². The van der Waals surface area contributed by atoms with Crippen LogP contribution in [-0.4, -0.2) is 46.9 Å². The molecule has 2 amide bonds. The highest BCUT2D eigenvalue weighted by molar-refractivity contribution is 5.94. The molecular formula is C22H26N4O3. The predicted molar refractivity (Wildman–Crippen MR) is 110 cm³/mol. The van der Waals surface area contributed by atoms with Crippen molar-refractivity contribution in [2.24, 2.45) is 5.92 Å². The van der Waals surface area contributed by atoms with Gasteiger partial charge in [0.1, 0.15) is 17.3 Å². The number of nitrogens with one attached hydrogen (secondary N) is 2. The van der Waals surface area contributed by atoms with Crippen LogP contribution in [0.1, 0.15) is 37.0 Å². The molecule has 2 bridgehead atoms. The highest BCUT2D eigenvalue weighted by Gasteiger charge is 2.40. The van der Waals surface area contributed by atoms with E-state index in [0.29, 0.717) is 34.8 Å². The Morgan fingerprint density at radius 2 is 1.83 bits per heavy atom. The maximum atomic E-state index is 12.7. The normalized spacial score (nSPS) is 25.3. The Morgan fingerprint density at radius 3 is 2.48 bits per heavy atom. The monoisotopic (exact) mass is 394 g/mol. The van der Waals surface area contributed by atoms with E-state index in [-0.39, 0.29) is 17.9 Å². The fourth-order valence-corrected chi connectivity index (χ4v) is 4.31. The Morgan fingerprint density at radius 1 is 1.10 bits per heavy atom. The highest BCUT2D eigenvalue weighted by Crippen LogP contribution is 2.32. The lowest BCUT2D eigenvalue weighted by Crippen LogP contribution is -2.62. The van der Waals surface area contributed by atoms with Crippen molar-refractivity contribution in [1.82, 2.24) is 15.2 Å². The average Bonchev–Trinajstić information content (AvgIpc) is 2.71. The van der Waals surface area contributed by atoms with Gasteiger partial charge < -0.3 is 15.4 Å². The predicted octanol–water partition coefficient (Wildman–Crippen LogP) is 3.04.